The molecule has 0 unspecified atom stereocenters. The van der Waals surface area contributed by atoms with E-state index < -0.39 is 0 Å². The molecule has 0 aliphatic heterocycles. The van der Waals surface area contributed by atoms with E-state index in [2.05, 4.69) is 74.5 Å². The van der Waals surface area contributed by atoms with Gasteiger partial charge in [-0.25, -0.2) is 9.97 Å². The Kier molecular flexibility index (Phi) is 7.87. The highest BCUT2D eigenvalue weighted by atomic mass is 14.8. The molecule has 2 nitrogen and oxygen atoms in total. The lowest BCUT2D eigenvalue weighted by Gasteiger charge is -2.18. The van der Waals surface area contributed by atoms with Gasteiger partial charge in [0.25, 0.3) is 0 Å². The van der Waals surface area contributed by atoms with Gasteiger partial charge in [-0.3, -0.25) is 0 Å². The number of nitrogens with zero attached hydrogens (tertiary/aromatic N) is 2. The van der Waals surface area contributed by atoms with E-state index in [1.165, 1.54) is 73.3 Å². The van der Waals surface area contributed by atoms with Gasteiger partial charge in [-0.1, -0.05) is 94.8 Å². The van der Waals surface area contributed by atoms with Crippen molar-refractivity contribution in [3.05, 3.63) is 71.8 Å². The van der Waals surface area contributed by atoms with Crippen LogP contribution in [0.4, 0.5) is 0 Å². The zero-order valence-corrected chi connectivity index (χ0v) is 19.7. The number of para-hydroxylation sites is 2. The number of hydrogen-bond acceptors (Lipinski definition) is 2. The van der Waals surface area contributed by atoms with Crippen molar-refractivity contribution in [2.45, 2.75) is 78.1 Å². The summed E-state index contributed by atoms with van der Waals surface area (Å²) in [6.07, 6.45) is 12.4. The zero-order chi connectivity index (χ0) is 22.2. The summed E-state index contributed by atoms with van der Waals surface area (Å²) in [5.74, 6) is 0. The summed E-state index contributed by atoms with van der Waals surface area (Å²) in [7, 11) is 0. The molecule has 0 saturated heterocycles. The molecule has 0 aliphatic carbocycles. The normalized spacial score (nSPS) is 11.4. The predicted octanol–water partition coefficient (Wildman–Crippen LogP) is 8.70. The van der Waals surface area contributed by atoms with E-state index in [4.69, 9.17) is 9.97 Å². The van der Waals surface area contributed by atoms with Crippen molar-refractivity contribution in [2.24, 2.45) is 0 Å². The highest BCUT2D eigenvalue weighted by Crippen LogP contribution is 2.33. The molecule has 2 heteroatoms. The minimum Gasteiger partial charge on any atom is -0.246 e. The monoisotopic (exact) mass is 424 g/mol. The van der Waals surface area contributed by atoms with Gasteiger partial charge in [0.1, 0.15) is 0 Å². The van der Waals surface area contributed by atoms with Gasteiger partial charge >= 0.3 is 0 Å². The second kappa shape index (κ2) is 11.2. The van der Waals surface area contributed by atoms with Crippen molar-refractivity contribution in [1.29, 1.82) is 0 Å². The van der Waals surface area contributed by atoms with E-state index >= 15 is 0 Å². The van der Waals surface area contributed by atoms with E-state index in [-0.39, 0.29) is 0 Å². The van der Waals surface area contributed by atoms with Crippen LogP contribution in [-0.4, -0.2) is 9.97 Å². The van der Waals surface area contributed by atoms with Crippen molar-refractivity contribution in [1.82, 2.24) is 9.97 Å². The third kappa shape index (κ3) is 5.18. The van der Waals surface area contributed by atoms with Crippen LogP contribution < -0.4 is 0 Å². The average molecular weight is 425 g/mol. The molecular formula is C30H36N2. The third-order valence-electron chi connectivity index (χ3n) is 6.51. The molecule has 0 saturated carbocycles. The molecule has 0 aliphatic rings. The molecular weight excluding hydrogens is 388 g/mol. The first-order valence-electron chi connectivity index (χ1n) is 12.6. The van der Waals surface area contributed by atoms with Gasteiger partial charge in [-0.15, -0.1) is 0 Å². The second-order valence-electron chi connectivity index (χ2n) is 8.95. The number of unbranched alkanes of at least 4 members (excludes halogenated alkanes) is 6. The van der Waals surface area contributed by atoms with Crippen LogP contribution in [-0.2, 0) is 12.8 Å². The first-order valence-corrected chi connectivity index (χ1v) is 12.6. The number of aryl methyl sites for hydroxylation is 1. The molecule has 166 valence electrons. The lowest BCUT2D eigenvalue weighted by molar-refractivity contribution is 0.652. The van der Waals surface area contributed by atoms with Gasteiger partial charge in [0.2, 0.25) is 0 Å². The Morgan fingerprint density at radius 3 is 1.97 bits per heavy atom. The summed E-state index contributed by atoms with van der Waals surface area (Å²) < 4.78 is 0. The summed E-state index contributed by atoms with van der Waals surface area (Å²) >= 11 is 0. The number of aromatic nitrogens is 2. The van der Waals surface area contributed by atoms with Crippen molar-refractivity contribution >= 4 is 21.8 Å². The number of benzene rings is 2. The minimum atomic E-state index is 1.01. The first kappa shape index (κ1) is 22.5. The molecule has 4 aromatic rings. The Balaban J connectivity index is 1.82. The SMILES string of the molecule is CCCCCCc1c(-c2ccc3ccccc3n2)nc2ccccc2c1CCCCCC. The fraction of sp³-hybridized carbons (Fsp3) is 0.400. The summed E-state index contributed by atoms with van der Waals surface area (Å²) in [4.78, 5) is 10.2. The van der Waals surface area contributed by atoms with Crippen LogP contribution in [0.2, 0.25) is 0 Å². The van der Waals surface area contributed by atoms with Gasteiger partial charge in [0.05, 0.1) is 22.4 Å². The summed E-state index contributed by atoms with van der Waals surface area (Å²) in [5, 5.41) is 2.51. The maximum Gasteiger partial charge on any atom is 0.0928 e. The molecule has 0 amide bonds. The Labute approximate surface area is 193 Å². The van der Waals surface area contributed by atoms with Crippen LogP contribution in [0.15, 0.2) is 60.7 Å². The average Bonchev–Trinajstić information content (AvgIpc) is 2.84. The van der Waals surface area contributed by atoms with Crippen LogP contribution >= 0.6 is 0 Å². The lowest BCUT2D eigenvalue weighted by atomic mass is 9.91. The maximum absolute atomic E-state index is 5.19. The van der Waals surface area contributed by atoms with Gasteiger partial charge in [-0.2, -0.15) is 0 Å². The largest absolute Gasteiger partial charge is 0.246 e. The molecule has 0 fully saturated rings. The van der Waals surface area contributed by atoms with E-state index in [0.29, 0.717) is 0 Å². The first-order chi connectivity index (χ1) is 15.8. The standard InChI is InChI=1S/C30H36N2/c1-3-5-7-9-16-24-25-17-12-14-20-28(25)32-30(26(24)18-10-8-6-4-2)29-22-21-23-15-11-13-19-27(23)31-29/h11-15,17,19-22H,3-10,16,18H2,1-2H3. The molecule has 2 aromatic heterocycles. The van der Waals surface area contributed by atoms with Crippen LogP contribution in [0.1, 0.15) is 76.3 Å². The van der Waals surface area contributed by atoms with Crippen molar-refractivity contribution in [3.63, 3.8) is 0 Å². The molecule has 0 bridgehead atoms. The van der Waals surface area contributed by atoms with E-state index in [1.54, 1.807) is 0 Å². The van der Waals surface area contributed by atoms with Crippen LogP contribution in [0.3, 0.4) is 0 Å². The smallest absolute Gasteiger partial charge is 0.0928 e. The van der Waals surface area contributed by atoms with Crippen LogP contribution in [0.25, 0.3) is 33.2 Å². The topological polar surface area (TPSA) is 25.8 Å². The molecule has 0 radical (unpaired) electrons. The summed E-state index contributed by atoms with van der Waals surface area (Å²) in [6.45, 7) is 4.56. The van der Waals surface area contributed by atoms with E-state index in [0.717, 1.165) is 35.3 Å². The van der Waals surface area contributed by atoms with Crippen molar-refractivity contribution < 1.29 is 0 Å². The molecule has 2 heterocycles. The zero-order valence-electron chi connectivity index (χ0n) is 19.7. The molecule has 0 spiro atoms. The van der Waals surface area contributed by atoms with Crippen molar-refractivity contribution in [2.75, 3.05) is 0 Å². The van der Waals surface area contributed by atoms with Crippen LogP contribution in [0, 0.1) is 0 Å². The highest BCUT2D eigenvalue weighted by Gasteiger charge is 2.17. The van der Waals surface area contributed by atoms with Gasteiger partial charge in [0.15, 0.2) is 0 Å². The van der Waals surface area contributed by atoms with E-state index in [1.807, 2.05) is 0 Å². The number of rotatable bonds is 11. The quantitative estimate of drug-likeness (QED) is 0.225. The Morgan fingerprint density at radius 1 is 0.562 bits per heavy atom. The molecule has 4 rings (SSSR count). The Bertz CT molecular complexity index is 1160. The third-order valence-corrected chi connectivity index (χ3v) is 6.51. The summed E-state index contributed by atoms with van der Waals surface area (Å²) in [5.41, 5.74) is 7.18. The maximum atomic E-state index is 5.19. The van der Waals surface area contributed by atoms with E-state index in [9.17, 15) is 0 Å². The lowest BCUT2D eigenvalue weighted by Crippen LogP contribution is -2.04. The fourth-order valence-corrected chi connectivity index (χ4v) is 4.74. The summed E-state index contributed by atoms with van der Waals surface area (Å²) in [6, 6.07) is 21.4. The molecule has 2 aromatic carbocycles. The van der Waals surface area contributed by atoms with Crippen LogP contribution in [0.5, 0.6) is 0 Å². The molecule has 0 N–H and O–H groups in total. The van der Waals surface area contributed by atoms with Gasteiger partial charge in [-0.05, 0) is 55.0 Å². The fourth-order valence-electron chi connectivity index (χ4n) is 4.74. The highest BCUT2D eigenvalue weighted by molar-refractivity contribution is 5.88. The van der Waals surface area contributed by atoms with Gasteiger partial charge < -0.3 is 0 Å². The number of hydrogen-bond donors (Lipinski definition) is 0. The molecule has 0 atom stereocenters. The Morgan fingerprint density at radius 2 is 1.22 bits per heavy atom. The minimum absolute atomic E-state index is 1.01. The number of pyridine rings is 2. The number of fused-ring (bicyclic) bond motifs is 2. The van der Waals surface area contributed by atoms with Crippen molar-refractivity contribution in [3.8, 4) is 11.4 Å². The molecule has 32 heavy (non-hydrogen) atoms. The predicted molar refractivity (Wildman–Crippen MR) is 138 cm³/mol. The second-order valence-corrected chi connectivity index (χ2v) is 8.95. The van der Waals surface area contributed by atoms with Gasteiger partial charge in [0, 0.05) is 10.8 Å². The Hall–Kier alpha value is -2.74.